The van der Waals surface area contributed by atoms with Gasteiger partial charge in [-0.3, -0.25) is 9.59 Å². The van der Waals surface area contributed by atoms with Crippen molar-refractivity contribution in [2.75, 3.05) is 13.2 Å². The maximum absolute atomic E-state index is 13.3. The van der Waals surface area contributed by atoms with E-state index in [1.165, 1.54) is 29.2 Å². The molecule has 152 valence electrons. The van der Waals surface area contributed by atoms with E-state index in [-0.39, 0.29) is 23.0 Å². The van der Waals surface area contributed by atoms with Gasteiger partial charge in [-0.15, -0.1) is 0 Å². The number of benzene rings is 2. The molecular formula is C23H24FNO4. The van der Waals surface area contributed by atoms with Gasteiger partial charge < -0.3 is 14.7 Å². The number of rotatable bonds is 7. The molecule has 1 saturated heterocycles. The molecule has 0 unspecified atom stereocenters. The van der Waals surface area contributed by atoms with Crippen molar-refractivity contribution < 1.29 is 23.8 Å². The smallest absolute Gasteiger partial charge is 0.295 e. The highest BCUT2D eigenvalue weighted by atomic mass is 19.1. The number of aliphatic hydroxyl groups is 1. The Labute approximate surface area is 169 Å². The summed E-state index contributed by atoms with van der Waals surface area (Å²) in [6.45, 7) is 4.63. The topological polar surface area (TPSA) is 66.8 Å². The molecule has 0 aromatic heterocycles. The Balaban J connectivity index is 1.99. The molecular weight excluding hydrogens is 373 g/mol. The van der Waals surface area contributed by atoms with E-state index in [0.717, 1.165) is 5.56 Å². The third-order valence-electron chi connectivity index (χ3n) is 4.77. The van der Waals surface area contributed by atoms with E-state index in [1.54, 1.807) is 0 Å². The van der Waals surface area contributed by atoms with E-state index in [4.69, 9.17) is 4.74 Å². The lowest BCUT2D eigenvalue weighted by Gasteiger charge is -2.25. The summed E-state index contributed by atoms with van der Waals surface area (Å²) in [6.07, 6.45) is 0.638. The van der Waals surface area contributed by atoms with Crippen LogP contribution in [0.1, 0.15) is 37.4 Å². The number of ketones is 1. The molecule has 2 aromatic carbocycles. The molecule has 1 N–H and O–H groups in total. The molecule has 1 atom stereocenters. The second-order valence-electron chi connectivity index (χ2n) is 7.18. The van der Waals surface area contributed by atoms with Crippen LogP contribution in [-0.4, -0.2) is 41.0 Å². The summed E-state index contributed by atoms with van der Waals surface area (Å²) in [7, 11) is 0. The van der Waals surface area contributed by atoms with Crippen LogP contribution in [0.25, 0.3) is 5.76 Å². The molecule has 3 rings (SSSR count). The van der Waals surface area contributed by atoms with E-state index in [0.29, 0.717) is 19.6 Å². The molecule has 1 amide bonds. The van der Waals surface area contributed by atoms with Gasteiger partial charge >= 0.3 is 0 Å². The lowest BCUT2D eigenvalue weighted by atomic mass is 9.95. The van der Waals surface area contributed by atoms with E-state index in [9.17, 15) is 19.1 Å². The average molecular weight is 397 g/mol. The highest BCUT2D eigenvalue weighted by molar-refractivity contribution is 6.46. The molecule has 29 heavy (non-hydrogen) atoms. The summed E-state index contributed by atoms with van der Waals surface area (Å²) in [6, 6.07) is 13.6. The molecule has 0 aliphatic carbocycles. The number of ether oxygens (including phenoxy) is 1. The second-order valence-corrected chi connectivity index (χ2v) is 7.18. The highest BCUT2D eigenvalue weighted by Gasteiger charge is 2.45. The average Bonchev–Trinajstić information content (AvgIpc) is 2.96. The predicted octanol–water partition coefficient (Wildman–Crippen LogP) is 4.06. The van der Waals surface area contributed by atoms with Gasteiger partial charge in [0, 0.05) is 18.7 Å². The van der Waals surface area contributed by atoms with E-state index in [1.807, 2.05) is 44.2 Å². The monoisotopic (exact) mass is 397 g/mol. The number of amides is 1. The first-order chi connectivity index (χ1) is 13.9. The zero-order valence-corrected chi connectivity index (χ0v) is 16.5. The summed E-state index contributed by atoms with van der Waals surface area (Å²) in [5.74, 6) is -2.16. The van der Waals surface area contributed by atoms with Crippen molar-refractivity contribution in [1.82, 2.24) is 4.90 Å². The molecule has 1 fully saturated rings. The quantitative estimate of drug-likeness (QED) is 0.331. The lowest BCUT2D eigenvalue weighted by molar-refractivity contribution is -0.140. The van der Waals surface area contributed by atoms with Gasteiger partial charge in [0.05, 0.1) is 17.7 Å². The first kappa shape index (κ1) is 20.7. The molecule has 1 heterocycles. The zero-order chi connectivity index (χ0) is 21.0. The van der Waals surface area contributed by atoms with E-state index < -0.39 is 23.5 Å². The Hall–Kier alpha value is -2.99. The number of carbonyl (C=O) groups is 2. The minimum Gasteiger partial charge on any atom is -0.507 e. The van der Waals surface area contributed by atoms with Crippen LogP contribution in [0.2, 0.25) is 0 Å². The summed E-state index contributed by atoms with van der Waals surface area (Å²) in [5, 5.41) is 10.8. The van der Waals surface area contributed by atoms with Gasteiger partial charge in [-0.25, -0.2) is 4.39 Å². The third-order valence-corrected chi connectivity index (χ3v) is 4.77. The number of likely N-dealkylation sites (tertiary alicyclic amines) is 1. The minimum absolute atomic E-state index is 0.0117. The summed E-state index contributed by atoms with van der Waals surface area (Å²) in [5.41, 5.74) is 1.02. The van der Waals surface area contributed by atoms with Crippen molar-refractivity contribution >= 4 is 17.4 Å². The number of hydrogen-bond acceptors (Lipinski definition) is 4. The van der Waals surface area contributed by atoms with Crippen LogP contribution < -0.4 is 0 Å². The van der Waals surface area contributed by atoms with Crippen LogP contribution >= 0.6 is 0 Å². The molecule has 6 heteroatoms. The van der Waals surface area contributed by atoms with Crippen LogP contribution in [0.3, 0.4) is 0 Å². The van der Waals surface area contributed by atoms with E-state index in [2.05, 4.69) is 0 Å². The third kappa shape index (κ3) is 4.54. The Morgan fingerprint density at radius 2 is 1.76 bits per heavy atom. The number of carbonyl (C=O) groups excluding carboxylic acids is 2. The molecule has 0 spiro atoms. The van der Waals surface area contributed by atoms with Gasteiger partial charge in [0.25, 0.3) is 11.7 Å². The largest absolute Gasteiger partial charge is 0.507 e. The lowest BCUT2D eigenvalue weighted by Crippen LogP contribution is -2.31. The Morgan fingerprint density at radius 1 is 1.10 bits per heavy atom. The maximum Gasteiger partial charge on any atom is 0.295 e. The molecule has 5 nitrogen and oxygen atoms in total. The zero-order valence-electron chi connectivity index (χ0n) is 16.5. The summed E-state index contributed by atoms with van der Waals surface area (Å²) >= 11 is 0. The summed E-state index contributed by atoms with van der Waals surface area (Å²) in [4.78, 5) is 27.0. The first-order valence-electron chi connectivity index (χ1n) is 9.61. The summed E-state index contributed by atoms with van der Waals surface area (Å²) < 4.78 is 18.8. The fraction of sp³-hybridized carbons (Fsp3) is 0.304. The van der Waals surface area contributed by atoms with Gasteiger partial charge in [0.15, 0.2) is 0 Å². The SMILES string of the molecule is CC(C)OCCCN1C(=O)C(=O)C(=C(O)c2ccc(F)cc2)[C@@H]1c1ccccc1. The Morgan fingerprint density at radius 3 is 2.38 bits per heavy atom. The van der Waals surface area contributed by atoms with Gasteiger partial charge in [-0.1, -0.05) is 30.3 Å². The number of hydrogen-bond donors (Lipinski definition) is 1. The Bertz CT molecular complexity index is 906. The molecule has 0 bridgehead atoms. The van der Waals surface area contributed by atoms with Crippen LogP contribution in [0, 0.1) is 5.82 Å². The molecule has 1 aliphatic heterocycles. The second kappa shape index (κ2) is 9.01. The van der Waals surface area contributed by atoms with Crippen molar-refractivity contribution in [2.24, 2.45) is 0 Å². The van der Waals surface area contributed by atoms with Crippen molar-refractivity contribution in [1.29, 1.82) is 0 Å². The van der Waals surface area contributed by atoms with Gasteiger partial charge in [0.1, 0.15) is 11.6 Å². The van der Waals surface area contributed by atoms with Gasteiger partial charge in [-0.2, -0.15) is 0 Å². The van der Waals surface area contributed by atoms with Crippen LogP contribution in [0.5, 0.6) is 0 Å². The molecule has 0 radical (unpaired) electrons. The first-order valence-corrected chi connectivity index (χ1v) is 9.61. The number of aliphatic hydroxyl groups excluding tert-OH is 1. The highest BCUT2D eigenvalue weighted by Crippen LogP contribution is 2.39. The normalized spacial score (nSPS) is 18.6. The Kier molecular flexibility index (Phi) is 6.44. The van der Waals surface area contributed by atoms with Gasteiger partial charge in [-0.05, 0) is 50.1 Å². The van der Waals surface area contributed by atoms with Crippen LogP contribution in [-0.2, 0) is 14.3 Å². The minimum atomic E-state index is -0.745. The fourth-order valence-corrected chi connectivity index (χ4v) is 3.41. The standard InChI is InChI=1S/C23H24FNO4/c1-15(2)29-14-6-13-25-20(16-7-4-3-5-8-16)19(22(27)23(25)28)21(26)17-9-11-18(24)12-10-17/h3-5,7-12,15,20,26H,6,13-14H2,1-2H3/t20-/m0/s1. The maximum atomic E-state index is 13.3. The van der Waals surface area contributed by atoms with Crippen LogP contribution in [0.15, 0.2) is 60.2 Å². The van der Waals surface area contributed by atoms with E-state index >= 15 is 0 Å². The number of nitrogens with zero attached hydrogens (tertiary/aromatic N) is 1. The molecule has 1 aliphatic rings. The molecule has 2 aromatic rings. The van der Waals surface area contributed by atoms with Gasteiger partial charge in [0.2, 0.25) is 0 Å². The van der Waals surface area contributed by atoms with Crippen molar-refractivity contribution in [2.45, 2.75) is 32.4 Å². The van der Waals surface area contributed by atoms with Crippen LogP contribution in [0.4, 0.5) is 4.39 Å². The van der Waals surface area contributed by atoms with Crippen molar-refractivity contribution in [3.8, 4) is 0 Å². The van der Waals surface area contributed by atoms with Crippen molar-refractivity contribution in [3.05, 3.63) is 77.1 Å². The fourth-order valence-electron chi connectivity index (χ4n) is 3.41. The molecule has 0 saturated carbocycles. The number of Topliss-reactive ketones (excluding diaryl/α,β-unsaturated/α-hetero) is 1. The predicted molar refractivity (Wildman–Crippen MR) is 108 cm³/mol. The number of halogens is 1. The van der Waals surface area contributed by atoms with Crippen molar-refractivity contribution in [3.63, 3.8) is 0 Å².